The van der Waals surface area contributed by atoms with E-state index in [0.29, 0.717) is 56.3 Å². The molecule has 0 bridgehead atoms. The predicted octanol–water partition coefficient (Wildman–Crippen LogP) is 4.18. The third-order valence-electron chi connectivity index (χ3n) is 5.78. The molecule has 172 valence electrons. The number of amides is 2. The van der Waals surface area contributed by atoms with E-state index in [1.54, 1.807) is 30.2 Å². The third-order valence-corrected chi connectivity index (χ3v) is 5.78. The second kappa shape index (κ2) is 12.1. The Labute approximate surface area is 191 Å². The smallest absolute Gasteiger partial charge is 0.254 e. The fourth-order valence-electron chi connectivity index (χ4n) is 3.83. The third kappa shape index (κ3) is 6.49. The van der Waals surface area contributed by atoms with Crippen molar-refractivity contribution in [1.82, 2.24) is 9.80 Å². The molecule has 1 saturated heterocycles. The average Bonchev–Trinajstić information content (AvgIpc) is 2.84. The molecule has 1 aliphatic rings. The van der Waals surface area contributed by atoms with Crippen LogP contribution in [0.25, 0.3) is 0 Å². The first-order valence-electron chi connectivity index (χ1n) is 11.5. The zero-order valence-electron chi connectivity index (χ0n) is 19.2. The summed E-state index contributed by atoms with van der Waals surface area (Å²) in [4.78, 5) is 29.2. The van der Waals surface area contributed by atoms with Crippen LogP contribution in [-0.4, -0.2) is 61.5 Å². The molecule has 0 atom stereocenters. The van der Waals surface area contributed by atoms with Crippen LogP contribution in [0.4, 0.5) is 0 Å². The molecule has 2 aromatic rings. The Bertz CT molecular complexity index is 877. The van der Waals surface area contributed by atoms with Gasteiger partial charge in [0.1, 0.15) is 0 Å². The first kappa shape index (κ1) is 23.6. The number of piperazine rings is 1. The van der Waals surface area contributed by atoms with Crippen molar-refractivity contribution in [3.8, 4) is 11.5 Å². The lowest BCUT2D eigenvalue weighted by Gasteiger charge is -2.35. The van der Waals surface area contributed by atoms with Crippen LogP contribution in [0.5, 0.6) is 11.5 Å². The summed E-state index contributed by atoms with van der Waals surface area (Å²) in [5.74, 6) is 1.35. The number of ether oxygens (including phenoxy) is 2. The molecule has 0 N–H and O–H groups in total. The van der Waals surface area contributed by atoms with Crippen LogP contribution in [0.1, 0.15) is 48.5 Å². The van der Waals surface area contributed by atoms with Crippen molar-refractivity contribution in [3.05, 3.63) is 59.7 Å². The number of methoxy groups -OCH3 is 1. The minimum atomic E-state index is -0.0421. The molecule has 32 heavy (non-hydrogen) atoms. The zero-order chi connectivity index (χ0) is 22.8. The Morgan fingerprint density at radius 1 is 0.906 bits per heavy atom. The number of hydrogen-bond donors (Lipinski definition) is 0. The van der Waals surface area contributed by atoms with Gasteiger partial charge in [-0.2, -0.15) is 0 Å². The van der Waals surface area contributed by atoms with Crippen LogP contribution >= 0.6 is 0 Å². The summed E-state index contributed by atoms with van der Waals surface area (Å²) in [6, 6.07) is 15.6. The minimum absolute atomic E-state index is 0.0421. The predicted molar refractivity (Wildman–Crippen MR) is 125 cm³/mol. The van der Waals surface area contributed by atoms with Gasteiger partial charge in [-0.25, -0.2) is 0 Å². The van der Waals surface area contributed by atoms with Gasteiger partial charge in [0.15, 0.2) is 11.5 Å². The maximum atomic E-state index is 13.0. The second-order valence-electron chi connectivity index (χ2n) is 8.08. The van der Waals surface area contributed by atoms with Crippen molar-refractivity contribution >= 4 is 11.8 Å². The van der Waals surface area contributed by atoms with Gasteiger partial charge < -0.3 is 19.3 Å². The Balaban J connectivity index is 1.47. The van der Waals surface area contributed by atoms with E-state index in [4.69, 9.17) is 9.47 Å². The number of carbonyl (C=O) groups is 2. The van der Waals surface area contributed by atoms with Gasteiger partial charge in [0.05, 0.1) is 13.7 Å². The normalized spacial score (nSPS) is 13.7. The molecule has 6 nitrogen and oxygen atoms in total. The lowest BCUT2D eigenvalue weighted by atomic mass is 10.1. The molecule has 0 aromatic heterocycles. The van der Waals surface area contributed by atoms with Gasteiger partial charge in [-0.15, -0.1) is 0 Å². The van der Waals surface area contributed by atoms with Gasteiger partial charge >= 0.3 is 0 Å². The van der Waals surface area contributed by atoms with E-state index in [0.717, 1.165) is 25.7 Å². The maximum Gasteiger partial charge on any atom is 0.254 e. The van der Waals surface area contributed by atoms with Gasteiger partial charge in [-0.3, -0.25) is 9.59 Å². The van der Waals surface area contributed by atoms with Gasteiger partial charge in [0, 0.05) is 38.2 Å². The average molecular weight is 439 g/mol. The molecular weight excluding hydrogens is 404 g/mol. The van der Waals surface area contributed by atoms with E-state index in [1.165, 1.54) is 5.56 Å². The lowest BCUT2D eigenvalue weighted by molar-refractivity contribution is -0.132. The van der Waals surface area contributed by atoms with Crippen LogP contribution < -0.4 is 9.47 Å². The fraction of sp³-hybridized carbons (Fsp3) is 0.462. The Kier molecular flexibility index (Phi) is 8.96. The molecular formula is C26H34N2O4. The quantitative estimate of drug-likeness (QED) is 0.522. The Morgan fingerprint density at radius 2 is 1.62 bits per heavy atom. The summed E-state index contributed by atoms with van der Waals surface area (Å²) < 4.78 is 11.2. The summed E-state index contributed by atoms with van der Waals surface area (Å²) in [6.07, 6.45) is 4.32. The fourth-order valence-corrected chi connectivity index (χ4v) is 3.83. The monoisotopic (exact) mass is 438 g/mol. The standard InChI is InChI=1S/C26H34N2O4/c1-3-4-19-32-23-14-13-22(20-24(23)31-2)26(30)28-17-15-27(16-18-28)25(29)12-8-11-21-9-6-5-7-10-21/h5-7,9-10,13-14,20H,3-4,8,11-12,15-19H2,1-2H3. The number of aryl methyl sites for hydroxylation is 1. The molecule has 0 spiro atoms. The molecule has 0 radical (unpaired) electrons. The molecule has 0 unspecified atom stereocenters. The van der Waals surface area contributed by atoms with Gasteiger partial charge in [-0.1, -0.05) is 43.7 Å². The van der Waals surface area contributed by atoms with Gasteiger partial charge in [0.25, 0.3) is 5.91 Å². The highest BCUT2D eigenvalue weighted by atomic mass is 16.5. The largest absolute Gasteiger partial charge is 0.493 e. The maximum absolute atomic E-state index is 13.0. The molecule has 0 saturated carbocycles. The molecule has 1 fully saturated rings. The molecule has 1 aliphatic heterocycles. The Morgan fingerprint density at radius 3 is 2.31 bits per heavy atom. The van der Waals surface area contributed by atoms with Crippen LogP contribution in [-0.2, 0) is 11.2 Å². The van der Waals surface area contributed by atoms with Crippen LogP contribution in [0.15, 0.2) is 48.5 Å². The molecule has 6 heteroatoms. The van der Waals surface area contributed by atoms with E-state index < -0.39 is 0 Å². The molecule has 3 rings (SSSR count). The Hall–Kier alpha value is -3.02. The molecule has 1 heterocycles. The number of carbonyl (C=O) groups excluding carboxylic acids is 2. The molecule has 0 aliphatic carbocycles. The highest BCUT2D eigenvalue weighted by molar-refractivity contribution is 5.95. The number of benzene rings is 2. The number of nitrogens with zero attached hydrogens (tertiary/aromatic N) is 2. The van der Waals surface area contributed by atoms with Crippen molar-refractivity contribution in [2.75, 3.05) is 39.9 Å². The summed E-state index contributed by atoms with van der Waals surface area (Å²) in [5.41, 5.74) is 1.83. The van der Waals surface area contributed by atoms with Crippen molar-refractivity contribution in [2.45, 2.75) is 39.0 Å². The van der Waals surface area contributed by atoms with E-state index in [9.17, 15) is 9.59 Å². The minimum Gasteiger partial charge on any atom is -0.493 e. The first-order chi connectivity index (χ1) is 15.6. The highest BCUT2D eigenvalue weighted by Gasteiger charge is 2.25. The van der Waals surface area contributed by atoms with Gasteiger partial charge in [0.2, 0.25) is 5.91 Å². The van der Waals surface area contributed by atoms with Crippen LogP contribution in [0, 0.1) is 0 Å². The summed E-state index contributed by atoms with van der Waals surface area (Å²) in [7, 11) is 1.58. The van der Waals surface area contributed by atoms with Crippen molar-refractivity contribution < 1.29 is 19.1 Å². The number of hydrogen-bond acceptors (Lipinski definition) is 4. The van der Waals surface area contributed by atoms with E-state index in [1.807, 2.05) is 23.1 Å². The molecule has 2 amide bonds. The first-order valence-corrected chi connectivity index (χ1v) is 11.5. The van der Waals surface area contributed by atoms with Crippen LogP contribution in [0.2, 0.25) is 0 Å². The van der Waals surface area contributed by atoms with Gasteiger partial charge in [-0.05, 0) is 43.0 Å². The van der Waals surface area contributed by atoms with E-state index >= 15 is 0 Å². The number of unbranched alkanes of at least 4 members (excludes halogenated alkanes) is 1. The SMILES string of the molecule is CCCCOc1ccc(C(=O)N2CCN(C(=O)CCCc3ccccc3)CC2)cc1OC. The summed E-state index contributed by atoms with van der Waals surface area (Å²) in [5, 5.41) is 0. The highest BCUT2D eigenvalue weighted by Crippen LogP contribution is 2.29. The van der Waals surface area contributed by atoms with E-state index in [2.05, 4.69) is 19.1 Å². The van der Waals surface area contributed by atoms with Crippen molar-refractivity contribution in [3.63, 3.8) is 0 Å². The second-order valence-corrected chi connectivity index (χ2v) is 8.08. The van der Waals surface area contributed by atoms with Crippen molar-refractivity contribution in [2.24, 2.45) is 0 Å². The summed E-state index contributed by atoms with van der Waals surface area (Å²) >= 11 is 0. The molecule has 2 aromatic carbocycles. The number of rotatable bonds is 10. The van der Waals surface area contributed by atoms with Crippen LogP contribution in [0.3, 0.4) is 0 Å². The van der Waals surface area contributed by atoms with E-state index in [-0.39, 0.29) is 11.8 Å². The zero-order valence-corrected chi connectivity index (χ0v) is 19.2. The topological polar surface area (TPSA) is 59.1 Å². The summed E-state index contributed by atoms with van der Waals surface area (Å²) in [6.45, 7) is 4.97. The lowest BCUT2D eigenvalue weighted by Crippen LogP contribution is -2.50. The van der Waals surface area contributed by atoms with Crippen molar-refractivity contribution in [1.29, 1.82) is 0 Å².